The molecule has 0 spiro atoms. The van der Waals surface area contributed by atoms with Crippen LogP contribution in [0.15, 0.2) is 91.3 Å². The Morgan fingerprint density at radius 1 is 0.684 bits per heavy atom. The van der Waals surface area contributed by atoms with Gasteiger partial charge in [0.2, 0.25) is 17.7 Å². The molecule has 5 N–H and O–H groups in total. The lowest BCUT2D eigenvalue weighted by Gasteiger charge is -2.35. The number of carbonyl (C=O) groups is 4. The molecule has 1 aliphatic carbocycles. The zero-order valence-electron chi connectivity index (χ0n) is 32.0. The van der Waals surface area contributed by atoms with E-state index in [1.165, 1.54) is 6.92 Å². The first-order valence-corrected chi connectivity index (χ1v) is 20.0. The van der Waals surface area contributed by atoms with Gasteiger partial charge >= 0.3 is 6.09 Å². The maximum Gasteiger partial charge on any atom is 0.404 e. The molecule has 2 aliphatic heterocycles. The summed E-state index contributed by atoms with van der Waals surface area (Å²) in [5.41, 5.74) is 6.57. The summed E-state index contributed by atoms with van der Waals surface area (Å²) in [6, 6.07) is 24.4. The number of nitrogens with zero attached hydrogens (tertiary/aromatic N) is 4. The van der Waals surface area contributed by atoms with Crippen LogP contribution < -0.4 is 10.6 Å². The molecule has 3 fully saturated rings. The Kier molecular flexibility index (Phi) is 10.9. The van der Waals surface area contributed by atoms with Crippen molar-refractivity contribution in [2.45, 2.75) is 82.5 Å². The van der Waals surface area contributed by atoms with E-state index in [2.05, 4.69) is 69.1 Å². The van der Waals surface area contributed by atoms with Gasteiger partial charge in [0.15, 0.2) is 0 Å². The molecular weight excluding hydrogens is 721 g/mol. The highest BCUT2D eigenvalue weighted by Gasteiger charge is 2.40. The van der Waals surface area contributed by atoms with E-state index < -0.39 is 12.1 Å². The van der Waals surface area contributed by atoms with Crippen LogP contribution in [0, 0.1) is 5.92 Å². The molecule has 57 heavy (non-hydrogen) atoms. The Bertz CT molecular complexity index is 2220. The molecule has 4 amide bonds. The fourth-order valence-electron chi connectivity index (χ4n) is 8.89. The first kappa shape index (κ1) is 37.7. The van der Waals surface area contributed by atoms with Gasteiger partial charge in [0.1, 0.15) is 17.7 Å². The number of aromatic nitrogens is 4. The fraction of sp³-hybridized carbons (Fsp3) is 0.364. The van der Waals surface area contributed by atoms with Crippen molar-refractivity contribution >= 4 is 23.8 Å². The van der Waals surface area contributed by atoms with E-state index in [-0.39, 0.29) is 41.8 Å². The summed E-state index contributed by atoms with van der Waals surface area (Å²) in [5, 5.41) is 14.8. The number of hydrogen-bond donors (Lipinski definition) is 5. The predicted molar refractivity (Wildman–Crippen MR) is 214 cm³/mol. The van der Waals surface area contributed by atoms with Crippen molar-refractivity contribution in [3.63, 3.8) is 0 Å². The second kappa shape index (κ2) is 16.5. The standard InChI is InChI=1S/C44H48N8O5/c1-27(53)47-39(32-9-3-2-4-10-32)43(55)52-24-8-14-38(52)41-46-26-36(49-41)31-21-17-29(18-22-31)28-15-19-30(20-16-28)35-25-45-40(48-35)37-13-7-23-51(37)42(54)33-11-5-6-12-34(33)50-44(56)57/h2-4,9-10,15-22,25-26,33-34,37-39,50H,5-8,11-14,23-24H2,1H3,(H,45,48)(H,46,49)(H,47,53)(H,56,57)/t33-,34+,37-,38-,39+/m0/s1. The van der Waals surface area contributed by atoms with Crippen molar-refractivity contribution in [1.29, 1.82) is 0 Å². The average molecular weight is 769 g/mol. The summed E-state index contributed by atoms with van der Waals surface area (Å²) in [7, 11) is 0. The normalized spacial score (nSPS) is 21.3. The minimum absolute atomic E-state index is 0.0154. The molecule has 1 saturated carbocycles. The molecule has 0 bridgehead atoms. The number of amides is 4. The summed E-state index contributed by atoms with van der Waals surface area (Å²) < 4.78 is 0. The average Bonchev–Trinajstić information content (AvgIpc) is 4.07. The van der Waals surface area contributed by atoms with Gasteiger partial charge in [-0.1, -0.05) is 91.7 Å². The van der Waals surface area contributed by atoms with Crippen LogP contribution in [0.4, 0.5) is 4.79 Å². The van der Waals surface area contributed by atoms with Crippen LogP contribution in [0.1, 0.15) is 93.6 Å². The Hall–Kier alpha value is -6.24. The van der Waals surface area contributed by atoms with Crippen LogP contribution in [-0.4, -0.2) is 77.8 Å². The van der Waals surface area contributed by atoms with Gasteiger partial charge in [0, 0.05) is 26.1 Å². The summed E-state index contributed by atoms with van der Waals surface area (Å²) in [6.45, 7) is 2.66. The maximum absolute atomic E-state index is 13.8. The van der Waals surface area contributed by atoms with Gasteiger partial charge in [0.25, 0.3) is 0 Å². The zero-order chi connectivity index (χ0) is 39.5. The molecule has 3 aromatic carbocycles. The molecule has 294 valence electrons. The Labute approximate surface area is 331 Å². The molecule has 0 unspecified atom stereocenters. The highest BCUT2D eigenvalue weighted by Crippen LogP contribution is 2.37. The van der Waals surface area contributed by atoms with Crippen LogP contribution >= 0.6 is 0 Å². The second-order valence-electron chi connectivity index (χ2n) is 15.4. The summed E-state index contributed by atoms with van der Waals surface area (Å²) in [6.07, 6.45) is 9.08. The number of rotatable bonds is 10. The van der Waals surface area contributed by atoms with E-state index in [0.717, 1.165) is 89.4 Å². The molecule has 13 heteroatoms. The molecule has 2 aromatic heterocycles. The zero-order valence-corrected chi connectivity index (χ0v) is 32.0. The van der Waals surface area contributed by atoms with Gasteiger partial charge in [-0.25, -0.2) is 14.8 Å². The molecule has 5 aromatic rings. The van der Waals surface area contributed by atoms with Gasteiger partial charge < -0.3 is 35.5 Å². The monoisotopic (exact) mass is 768 g/mol. The van der Waals surface area contributed by atoms with Crippen LogP contribution in [0.5, 0.6) is 0 Å². The van der Waals surface area contributed by atoms with Crippen LogP contribution in [0.3, 0.4) is 0 Å². The molecular formula is C44H48N8O5. The number of imidazole rings is 2. The minimum Gasteiger partial charge on any atom is -0.465 e. The van der Waals surface area contributed by atoms with Gasteiger partial charge in [-0.15, -0.1) is 0 Å². The molecule has 13 nitrogen and oxygen atoms in total. The van der Waals surface area contributed by atoms with Gasteiger partial charge in [0.05, 0.1) is 41.8 Å². The lowest BCUT2D eigenvalue weighted by Crippen LogP contribution is -2.49. The second-order valence-corrected chi connectivity index (χ2v) is 15.4. The quantitative estimate of drug-likeness (QED) is 0.100. The number of nitrogens with one attached hydrogen (secondary N) is 4. The number of carboxylic acid groups (broad SMARTS) is 1. The molecule has 5 atom stereocenters. The number of benzene rings is 3. The van der Waals surface area contributed by atoms with E-state index in [0.29, 0.717) is 25.9 Å². The first-order valence-electron chi connectivity index (χ1n) is 20.0. The summed E-state index contributed by atoms with van der Waals surface area (Å²) in [5.74, 6) is 0.746. The van der Waals surface area contributed by atoms with E-state index in [4.69, 9.17) is 9.97 Å². The minimum atomic E-state index is -1.08. The molecule has 3 aliphatic rings. The maximum atomic E-state index is 13.8. The SMILES string of the molecule is CC(=O)N[C@@H](C(=O)N1CCC[C@H]1c1ncc(-c2ccc(-c3ccc(-c4cnc([C@@H]5CCCN5C(=O)[C@H]5CCCC[C@H]5NC(=O)O)[nH]4)cc3)cc2)[nH]1)c1ccccc1. The fourth-order valence-corrected chi connectivity index (χ4v) is 8.89. The van der Waals surface area contributed by atoms with Crippen molar-refractivity contribution in [2.24, 2.45) is 5.92 Å². The lowest BCUT2D eigenvalue weighted by molar-refractivity contribution is -0.138. The third-order valence-corrected chi connectivity index (χ3v) is 11.7. The molecule has 0 radical (unpaired) electrons. The Balaban J connectivity index is 0.918. The predicted octanol–water partition coefficient (Wildman–Crippen LogP) is 7.16. The van der Waals surface area contributed by atoms with E-state index in [1.807, 2.05) is 52.5 Å². The van der Waals surface area contributed by atoms with Gasteiger partial charge in [-0.2, -0.15) is 0 Å². The van der Waals surface area contributed by atoms with Crippen molar-refractivity contribution in [3.8, 4) is 33.6 Å². The van der Waals surface area contributed by atoms with Crippen LogP contribution in [0.25, 0.3) is 33.6 Å². The highest BCUT2D eigenvalue weighted by molar-refractivity contribution is 5.88. The molecule has 8 rings (SSSR count). The van der Waals surface area contributed by atoms with Crippen molar-refractivity contribution in [3.05, 3.63) is 108 Å². The first-order chi connectivity index (χ1) is 27.7. The van der Waals surface area contributed by atoms with Crippen LogP contribution in [0.2, 0.25) is 0 Å². The molecule has 2 saturated heterocycles. The van der Waals surface area contributed by atoms with E-state index in [9.17, 15) is 24.3 Å². The number of carbonyl (C=O) groups excluding carboxylic acids is 3. The van der Waals surface area contributed by atoms with E-state index in [1.54, 1.807) is 0 Å². The van der Waals surface area contributed by atoms with Crippen molar-refractivity contribution in [1.82, 2.24) is 40.4 Å². The Morgan fingerprint density at radius 3 is 1.77 bits per heavy atom. The number of H-pyrrole nitrogens is 2. The lowest BCUT2D eigenvalue weighted by atomic mass is 9.83. The summed E-state index contributed by atoms with van der Waals surface area (Å²) in [4.78, 5) is 71.1. The van der Waals surface area contributed by atoms with Crippen molar-refractivity contribution in [2.75, 3.05) is 13.1 Å². The summed E-state index contributed by atoms with van der Waals surface area (Å²) >= 11 is 0. The highest BCUT2D eigenvalue weighted by atomic mass is 16.4. The number of likely N-dealkylation sites (tertiary alicyclic amines) is 2. The third-order valence-electron chi connectivity index (χ3n) is 11.7. The van der Waals surface area contributed by atoms with Crippen molar-refractivity contribution < 1.29 is 24.3 Å². The largest absolute Gasteiger partial charge is 0.465 e. The van der Waals surface area contributed by atoms with Gasteiger partial charge in [-0.3, -0.25) is 14.4 Å². The number of hydrogen-bond acceptors (Lipinski definition) is 6. The smallest absolute Gasteiger partial charge is 0.404 e. The van der Waals surface area contributed by atoms with Crippen LogP contribution in [-0.2, 0) is 14.4 Å². The van der Waals surface area contributed by atoms with E-state index >= 15 is 0 Å². The van der Waals surface area contributed by atoms with Gasteiger partial charge in [-0.05, 0) is 66.3 Å². The number of aromatic amines is 2. The topological polar surface area (TPSA) is 176 Å². The molecule has 4 heterocycles. The Morgan fingerprint density at radius 2 is 1.21 bits per heavy atom. The third kappa shape index (κ3) is 8.05.